The largest absolute Gasteiger partial charge is 0.346 e. The number of hydrogen-bond donors (Lipinski definition) is 1. The number of para-hydroxylation sites is 1. The number of aryl methyl sites for hydroxylation is 1. The van der Waals surface area contributed by atoms with Crippen LogP contribution in [-0.4, -0.2) is 16.7 Å². The molecule has 0 unspecified atom stereocenters. The molecular formula is C15H22N2. The van der Waals surface area contributed by atoms with E-state index in [1.54, 1.807) is 0 Å². The molecule has 2 rings (SSSR count). The number of nitrogens with zero attached hydrogens (tertiary/aromatic N) is 1. The molecule has 1 heterocycles. The molecule has 2 nitrogen and oxygen atoms in total. The normalized spacial score (nSPS) is 12.2. The van der Waals surface area contributed by atoms with Crippen LogP contribution in [0.4, 0.5) is 0 Å². The van der Waals surface area contributed by atoms with Gasteiger partial charge in [0, 0.05) is 35.7 Å². The predicted octanol–water partition coefficient (Wildman–Crippen LogP) is 3.34. The molecule has 0 aliphatic rings. The first-order valence-corrected chi connectivity index (χ1v) is 6.27. The van der Waals surface area contributed by atoms with Gasteiger partial charge in [-0.25, -0.2) is 0 Å². The van der Waals surface area contributed by atoms with Gasteiger partial charge in [-0.15, -0.1) is 0 Å². The zero-order chi connectivity index (χ0) is 12.5. The van der Waals surface area contributed by atoms with Crippen molar-refractivity contribution in [1.29, 1.82) is 0 Å². The van der Waals surface area contributed by atoms with Gasteiger partial charge < -0.3 is 9.88 Å². The highest BCUT2D eigenvalue weighted by molar-refractivity contribution is 5.83. The summed E-state index contributed by atoms with van der Waals surface area (Å²) in [6, 6.07) is 8.60. The third-order valence-corrected chi connectivity index (χ3v) is 3.00. The van der Waals surface area contributed by atoms with Gasteiger partial charge in [0.25, 0.3) is 0 Å². The molecule has 0 fully saturated rings. The molecule has 1 N–H and O–H groups in total. The van der Waals surface area contributed by atoms with Crippen LogP contribution in [-0.2, 0) is 6.54 Å². The summed E-state index contributed by atoms with van der Waals surface area (Å²) in [5, 5.41) is 4.89. The number of hydrogen-bond acceptors (Lipinski definition) is 1. The second kappa shape index (κ2) is 4.53. The van der Waals surface area contributed by atoms with E-state index in [9.17, 15) is 0 Å². The van der Waals surface area contributed by atoms with Gasteiger partial charge >= 0.3 is 0 Å². The van der Waals surface area contributed by atoms with Gasteiger partial charge in [-0.1, -0.05) is 18.2 Å². The zero-order valence-electron chi connectivity index (χ0n) is 11.2. The third kappa shape index (κ3) is 2.89. The van der Waals surface area contributed by atoms with Crippen LogP contribution in [0.2, 0.25) is 0 Å². The number of rotatable bonds is 3. The van der Waals surface area contributed by atoms with Crippen molar-refractivity contribution in [2.45, 2.75) is 39.8 Å². The van der Waals surface area contributed by atoms with Gasteiger partial charge in [0.05, 0.1) is 0 Å². The molecule has 1 aromatic carbocycles. The lowest BCUT2D eigenvalue weighted by Gasteiger charge is -2.20. The molecule has 2 heteroatoms. The SMILES string of the molecule is Cc1cn(CCNC(C)(C)C)c2ccccc12. The molecule has 0 atom stereocenters. The Labute approximate surface area is 104 Å². The smallest absolute Gasteiger partial charge is 0.0483 e. The fourth-order valence-electron chi connectivity index (χ4n) is 2.17. The Morgan fingerprint density at radius 3 is 2.59 bits per heavy atom. The third-order valence-electron chi connectivity index (χ3n) is 3.00. The van der Waals surface area contributed by atoms with E-state index in [2.05, 4.69) is 68.0 Å². The van der Waals surface area contributed by atoms with E-state index >= 15 is 0 Å². The lowest BCUT2D eigenvalue weighted by Crippen LogP contribution is -2.37. The molecule has 0 aliphatic heterocycles. The number of fused-ring (bicyclic) bond motifs is 1. The average Bonchev–Trinajstić information content (AvgIpc) is 2.55. The molecule has 0 aliphatic carbocycles. The molecule has 0 amide bonds. The van der Waals surface area contributed by atoms with E-state index in [0.29, 0.717) is 0 Å². The maximum atomic E-state index is 3.52. The van der Waals surface area contributed by atoms with Crippen molar-refractivity contribution in [3.05, 3.63) is 36.0 Å². The molecular weight excluding hydrogens is 208 g/mol. The van der Waals surface area contributed by atoms with E-state index in [-0.39, 0.29) is 5.54 Å². The molecule has 0 saturated heterocycles. The summed E-state index contributed by atoms with van der Waals surface area (Å²) in [4.78, 5) is 0. The van der Waals surface area contributed by atoms with E-state index in [4.69, 9.17) is 0 Å². The van der Waals surface area contributed by atoms with Crippen molar-refractivity contribution in [3.8, 4) is 0 Å². The van der Waals surface area contributed by atoms with Gasteiger partial charge in [0.15, 0.2) is 0 Å². The Morgan fingerprint density at radius 2 is 1.88 bits per heavy atom. The molecule has 92 valence electrons. The van der Waals surface area contributed by atoms with Crippen molar-refractivity contribution in [2.24, 2.45) is 0 Å². The van der Waals surface area contributed by atoms with Crippen LogP contribution >= 0.6 is 0 Å². The maximum absolute atomic E-state index is 3.52. The number of nitrogens with one attached hydrogen (secondary N) is 1. The highest BCUT2D eigenvalue weighted by atomic mass is 15.0. The minimum Gasteiger partial charge on any atom is -0.346 e. The van der Waals surface area contributed by atoms with E-state index in [0.717, 1.165) is 13.1 Å². The monoisotopic (exact) mass is 230 g/mol. The minimum atomic E-state index is 0.192. The fourth-order valence-corrected chi connectivity index (χ4v) is 2.17. The number of benzene rings is 1. The summed E-state index contributed by atoms with van der Waals surface area (Å²) in [6.45, 7) is 10.8. The molecule has 0 spiro atoms. The second-order valence-electron chi connectivity index (χ2n) is 5.70. The lowest BCUT2D eigenvalue weighted by atomic mass is 10.1. The van der Waals surface area contributed by atoms with Crippen LogP contribution in [0, 0.1) is 6.92 Å². The summed E-state index contributed by atoms with van der Waals surface area (Å²) in [5.74, 6) is 0. The first-order valence-electron chi connectivity index (χ1n) is 6.27. The molecule has 1 aromatic heterocycles. The van der Waals surface area contributed by atoms with Crippen LogP contribution < -0.4 is 5.32 Å². The van der Waals surface area contributed by atoms with Crippen molar-refractivity contribution < 1.29 is 0 Å². The van der Waals surface area contributed by atoms with E-state index < -0.39 is 0 Å². The summed E-state index contributed by atoms with van der Waals surface area (Å²) in [6.07, 6.45) is 2.25. The second-order valence-corrected chi connectivity index (χ2v) is 5.70. The van der Waals surface area contributed by atoms with Crippen LogP contribution in [0.3, 0.4) is 0 Å². The molecule has 0 saturated carbocycles. The Bertz CT molecular complexity index is 503. The Morgan fingerprint density at radius 1 is 1.18 bits per heavy atom. The van der Waals surface area contributed by atoms with Crippen molar-refractivity contribution in [1.82, 2.24) is 9.88 Å². The van der Waals surface area contributed by atoms with Gasteiger partial charge in [-0.05, 0) is 39.3 Å². The maximum Gasteiger partial charge on any atom is 0.0483 e. The fraction of sp³-hybridized carbons (Fsp3) is 0.467. The Hall–Kier alpha value is -1.28. The van der Waals surface area contributed by atoms with Gasteiger partial charge in [-0.2, -0.15) is 0 Å². The van der Waals surface area contributed by atoms with Crippen molar-refractivity contribution in [2.75, 3.05) is 6.54 Å². The standard InChI is InChI=1S/C15H22N2/c1-12-11-17(10-9-16-15(2,3)4)14-8-6-5-7-13(12)14/h5-8,11,16H,9-10H2,1-4H3. The quantitative estimate of drug-likeness (QED) is 0.855. The van der Waals surface area contributed by atoms with Crippen LogP contribution in [0.1, 0.15) is 26.3 Å². The average molecular weight is 230 g/mol. The number of aromatic nitrogens is 1. The summed E-state index contributed by atoms with van der Waals surface area (Å²) >= 11 is 0. The highest BCUT2D eigenvalue weighted by Gasteiger charge is 2.09. The van der Waals surface area contributed by atoms with E-state index in [1.165, 1.54) is 16.5 Å². The van der Waals surface area contributed by atoms with Gasteiger partial charge in [0.2, 0.25) is 0 Å². The highest BCUT2D eigenvalue weighted by Crippen LogP contribution is 2.19. The van der Waals surface area contributed by atoms with Gasteiger partial charge in [0.1, 0.15) is 0 Å². The molecule has 2 aromatic rings. The first kappa shape index (κ1) is 12.2. The topological polar surface area (TPSA) is 17.0 Å². The minimum absolute atomic E-state index is 0.192. The van der Waals surface area contributed by atoms with Gasteiger partial charge in [-0.3, -0.25) is 0 Å². The van der Waals surface area contributed by atoms with Crippen LogP contribution in [0.15, 0.2) is 30.5 Å². The summed E-state index contributed by atoms with van der Waals surface area (Å²) in [7, 11) is 0. The summed E-state index contributed by atoms with van der Waals surface area (Å²) < 4.78 is 2.34. The first-order chi connectivity index (χ1) is 7.97. The molecule has 17 heavy (non-hydrogen) atoms. The zero-order valence-corrected chi connectivity index (χ0v) is 11.2. The Kier molecular flexibility index (Phi) is 3.25. The predicted molar refractivity (Wildman–Crippen MR) is 74.4 cm³/mol. The van der Waals surface area contributed by atoms with Crippen molar-refractivity contribution in [3.63, 3.8) is 0 Å². The van der Waals surface area contributed by atoms with Crippen LogP contribution in [0.5, 0.6) is 0 Å². The molecule has 0 radical (unpaired) electrons. The Balaban J connectivity index is 2.14. The van der Waals surface area contributed by atoms with Crippen molar-refractivity contribution >= 4 is 10.9 Å². The van der Waals surface area contributed by atoms with Crippen LogP contribution in [0.25, 0.3) is 10.9 Å². The molecule has 0 bridgehead atoms. The lowest BCUT2D eigenvalue weighted by molar-refractivity contribution is 0.414. The summed E-state index contributed by atoms with van der Waals surface area (Å²) in [5.41, 5.74) is 2.88. The van der Waals surface area contributed by atoms with E-state index in [1.807, 2.05) is 0 Å².